The van der Waals surface area contributed by atoms with E-state index in [4.69, 9.17) is 5.73 Å². The molecule has 2 aliphatic rings. The Balaban J connectivity index is 0.00000176. The zero-order chi connectivity index (χ0) is 14.9. The quantitative estimate of drug-likeness (QED) is 0.830. The Morgan fingerprint density at radius 2 is 2.05 bits per heavy atom. The lowest BCUT2D eigenvalue weighted by Crippen LogP contribution is -2.40. The number of benzene rings is 1. The summed E-state index contributed by atoms with van der Waals surface area (Å²) in [7, 11) is 0. The van der Waals surface area contributed by atoms with Crippen LogP contribution in [-0.4, -0.2) is 18.5 Å². The fraction of sp³-hybridized carbons (Fsp3) is 0.588. The summed E-state index contributed by atoms with van der Waals surface area (Å²) in [6.45, 7) is 0.750. The average Bonchev–Trinajstić information content (AvgIpc) is 3.26. The summed E-state index contributed by atoms with van der Waals surface area (Å²) >= 11 is 3.63. The van der Waals surface area contributed by atoms with E-state index in [0.717, 1.165) is 49.5 Å². The van der Waals surface area contributed by atoms with Crippen molar-refractivity contribution in [1.29, 1.82) is 0 Å². The molecule has 22 heavy (non-hydrogen) atoms. The molecule has 3 N–H and O–H groups in total. The van der Waals surface area contributed by atoms with Crippen molar-refractivity contribution in [2.45, 2.75) is 50.0 Å². The van der Waals surface area contributed by atoms with Crippen LogP contribution in [0.5, 0.6) is 0 Å². The second-order valence-electron chi connectivity index (χ2n) is 6.60. The van der Waals surface area contributed by atoms with Crippen molar-refractivity contribution in [3.05, 3.63) is 34.3 Å². The van der Waals surface area contributed by atoms with E-state index in [1.165, 1.54) is 5.56 Å². The summed E-state index contributed by atoms with van der Waals surface area (Å²) < 4.78 is 1.15. The second kappa shape index (κ2) is 7.33. The topological polar surface area (TPSA) is 55.1 Å². The number of nitrogens with two attached hydrogens (primary N) is 1. The van der Waals surface area contributed by atoms with E-state index in [2.05, 4.69) is 39.4 Å². The van der Waals surface area contributed by atoms with E-state index in [9.17, 15) is 4.79 Å². The number of rotatable bonds is 4. The molecule has 0 saturated heterocycles. The first-order chi connectivity index (χ1) is 10.1. The van der Waals surface area contributed by atoms with E-state index >= 15 is 0 Å². The SMILES string of the molecule is Cl.NC1CCCC(C(=O)NCC2(c3ccccc3Br)CC2)C1. The molecule has 0 spiro atoms. The normalized spacial score (nSPS) is 25.9. The highest BCUT2D eigenvalue weighted by Crippen LogP contribution is 2.50. The van der Waals surface area contributed by atoms with Gasteiger partial charge in [-0.05, 0) is 43.7 Å². The molecule has 3 nitrogen and oxygen atoms in total. The lowest BCUT2D eigenvalue weighted by atomic mass is 9.85. The van der Waals surface area contributed by atoms with Gasteiger partial charge < -0.3 is 11.1 Å². The van der Waals surface area contributed by atoms with Gasteiger partial charge >= 0.3 is 0 Å². The van der Waals surface area contributed by atoms with Crippen molar-refractivity contribution in [1.82, 2.24) is 5.32 Å². The maximum atomic E-state index is 12.4. The van der Waals surface area contributed by atoms with Crippen molar-refractivity contribution >= 4 is 34.2 Å². The van der Waals surface area contributed by atoms with Crippen molar-refractivity contribution in [2.24, 2.45) is 11.7 Å². The van der Waals surface area contributed by atoms with Crippen molar-refractivity contribution in [2.75, 3.05) is 6.54 Å². The number of amides is 1. The number of hydrogen-bond acceptors (Lipinski definition) is 2. The van der Waals surface area contributed by atoms with Gasteiger partial charge in [0.25, 0.3) is 0 Å². The minimum Gasteiger partial charge on any atom is -0.355 e. The Bertz CT molecular complexity index is 533. The first kappa shape index (κ1) is 17.8. The standard InChI is InChI=1S/C17H23BrN2O.ClH/c18-15-7-2-1-6-14(15)17(8-9-17)11-20-16(21)12-4-3-5-13(19)10-12;/h1-2,6-7,12-13H,3-5,8-11,19H2,(H,20,21);1H. The third-order valence-electron chi connectivity index (χ3n) is 4.99. The van der Waals surface area contributed by atoms with Gasteiger partial charge in [0.2, 0.25) is 5.91 Å². The molecule has 0 heterocycles. The molecule has 1 aromatic carbocycles. The largest absolute Gasteiger partial charge is 0.355 e. The highest BCUT2D eigenvalue weighted by atomic mass is 79.9. The maximum absolute atomic E-state index is 12.4. The Hall–Kier alpha value is -0.580. The summed E-state index contributed by atoms with van der Waals surface area (Å²) in [5, 5.41) is 3.19. The fourth-order valence-electron chi connectivity index (χ4n) is 3.45. The lowest BCUT2D eigenvalue weighted by molar-refractivity contribution is -0.126. The molecule has 0 aliphatic heterocycles. The summed E-state index contributed by atoms with van der Waals surface area (Å²) in [5.41, 5.74) is 7.45. The Kier molecular flexibility index (Phi) is 5.92. The first-order valence-electron chi connectivity index (χ1n) is 7.89. The molecular weight excluding hydrogens is 364 g/mol. The van der Waals surface area contributed by atoms with Gasteiger partial charge in [-0.15, -0.1) is 12.4 Å². The maximum Gasteiger partial charge on any atom is 0.223 e. The Labute approximate surface area is 147 Å². The Morgan fingerprint density at radius 3 is 2.68 bits per heavy atom. The monoisotopic (exact) mass is 386 g/mol. The zero-order valence-corrected chi connectivity index (χ0v) is 15.1. The van der Waals surface area contributed by atoms with Gasteiger partial charge in [0.1, 0.15) is 0 Å². The molecule has 1 amide bonds. The molecule has 2 atom stereocenters. The van der Waals surface area contributed by atoms with Crippen molar-refractivity contribution in [3.63, 3.8) is 0 Å². The Morgan fingerprint density at radius 1 is 1.32 bits per heavy atom. The lowest BCUT2D eigenvalue weighted by Gasteiger charge is -2.27. The molecule has 2 unspecified atom stereocenters. The van der Waals surface area contributed by atoms with Crippen LogP contribution >= 0.6 is 28.3 Å². The van der Waals surface area contributed by atoms with Gasteiger partial charge in [0.15, 0.2) is 0 Å². The number of hydrogen-bond donors (Lipinski definition) is 2. The molecule has 5 heteroatoms. The molecule has 0 bridgehead atoms. The van der Waals surface area contributed by atoms with Gasteiger partial charge in [-0.3, -0.25) is 4.79 Å². The van der Waals surface area contributed by atoms with Crippen LogP contribution in [-0.2, 0) is 10.2 Å². The third kappa shape index (κ3) is 3.84. The minimum absolute atomic E-state index is 0. The van der Waals surface area contributed by atoms with Gasteiger partial charge in [-0.1, -0.05) is 40.5 Å². The van der Waals surface area contributed by atoms with Gasteiger partial charge in [0.05, 0.1) is 0 Å². The fourth-order valence-corrected chi connectivity index (χ4v) is 4.16. The van der Waals surface area contributed by atoms with E-state index in [-0.39, 0.29) is 35.7 Å². The van der Waals surface area contributed by atoms with Crippen LogP contribution in [0.3, 0.4) is 0 Å². The van der Waals surface area contributed by atoms with Crippen LogP contribution in [0.2, 0.25) is 0 Å². The highest BCUT2D eigenvalue weighted by Gasteiger charge is 2.45. The summed E-state index contributed by atoms with van der Waals surface area (Å²) in [6.07, 6.45) is 6.27. The van der Waals surface area contributed by atoms with Gasteiger partial charge in [-0.2, -0.15) is 0 Å². The highest BCUT2D eigenvalue weighted by molar-refractivity contribution is 9.10. The minimum atomic E-state index is 0. The van der Waals surface area contributed by atoms with Crippen LogP contribution < -0.4 is 11.1 Å². The molecule has 2 saturated carbocycles. The van der Waals surface area contributed by atoms with Crippen molar-refractivity contribution < 1.29 is 4.79 Å². The number of halogens is 2. The number of carbonyl (C=O) groups is 1. The molecule has 0 radical (unpaired) electrons. The second-order valence-corrected chi connectivity index (χ2v) is 7.46. The smallest absolute Gasteiger partial charge is 0.223 e. The molecular formula is C17H24BrClN2O. The molecule has 1 aromatic rings. The number of carbonyl (C=O) groups excluding carboxylic acids is 1. The summed E-state index contributed by atoms with van der Waals surface area (Å²) in [5.74, 6) is 0.312. The van der Waals surface area contributed by atoms with E-state index in [1.807, 2.05) is 6.07 Å². The predicted molar refractivity (Wildman–Crippen MR) is 95.2 cm³/mol. The molecule has 0 aromatic heterocycles. The number of nitrogens with one attached hydrogen (secondary N) is 1. The van der Waals surface area contributed by atoms with Crippen LogP contribution in [0.25, 0.3) is 0 Å². The average molecular weight is 388 g/mol. The first-order valence-corrected chi connectivity index (χ1v) is 8.68. The van der Waals surface area contributed by atoms with Gasteiger partial charge in [0, 0.05) is 28.4 Å². The van der Waals surface area contributed by atoms with E-state index < -0.39 is 0 Å². The molecule has 2 aliphatic carbocycles. The van der Waals surface area contributed by atoms with Gasteiger partial charge in [-0.25, -0.2) is 0 Å². The van der Waals surface area contributed by atoms with E-state index in [1.54, 1.807) is 0 Å². The summed E-state index contributed by atoms with van der Waals surface area (Å²) in [6, 6.07) is 8.55. The zero-order valence-electron chi connectivity index (χ0n) is 12.7. The molecule has 3 rings (SSSR count). The third-order valence-corrected chi connectivity index (χ3v) is 5.68. The predicted octanol–water partition coefficient (Wildman–Crippen LogP) is 3.54. The van der Waals surface area contributed by atoms with Crippen molar-refractivity contribution in [3.8, 4) is 0 Å². The van der Waals surface area contributed by atoms with Crippen LogP contribution in [0, 0.1) is 5.92 Å². The molecule has 122 valence electrons. The van der Waals surface area contributed by atoms with Crippen LogP contribution in [0.15, 0.2) is 28.7 Å². The van der Waals surface area contributed by atoms with E-state index in [0.29, 0.717) is 0 Å². The van der Waals surface area contributed by atoms with Crippen LogP contribution in [0.1, 0.15) is 44.1 Å². The molecule has 2 fully saturated rings. The van der Waals surface area contributed by atoms with Crippen LogP contribution in [0.4, 0.5) is 0 Å². The summed E-state index contributed by atoms with van der Waals surface area (Å²) in [4.78, 5) is 12.4.